The lowest BCUT2D eigenvalue weighted by molar-refractivity contribution is 0.579. The largest absolute Gasteiger partial charge is 0.224 e. The minimum atomic E-state index is -3.42. The lowest BCUT2D eigenvalue weighted by atomic mass is 10.3. The SMILES string of the molecule is CC(CCl)CS(=O)(=O)c1cccc(F)c1. The van der Waals surface area contributed by atoms with Gasteiger partial charge in [0, 0.05) is 5.88 Å². The van der Waals surface area contributed by atoms with Crippen LogP contribution in [0.1, 0.15) is 6.92 Å². The lowest BCUT2D eigenvalue weighted by Gasteiger charge is -2.08. The summed E-state index contributed by atoms with van der Waals surface area (Å²) in [4.78, 5) is 0.0134. The highest BCUT2D eigenvalue weighted by molar-refractivity contribution is 7.91. The highest BCUT2D eigenvalue weighted by Crippen LogP contribution is 2.15. The van der Waals surface area contributed by atoms with Crippen LogP contribution in [0.4, 0.5) is 4.39 Å². The van der Waals surface area contributed by atoms with Crippen LogP contribution in [0.2, 0.25) is 0 Å². The van der Waals surface area contributed by atoms with Gasteiger partial charge in [-0.2, -0.15) is 0 Å². The first-order chi connectivity index (χ1) is 6.95. The van der Waals surface area contributed by atoms with Crippen molar-refractivity contribution in [1.29, 1.82) is 0 Å². The number of alkyl halides is 1. The average Bonchev–Trinajstić information content (AvgIpc) is 2.17. The maximum absolute atomic E-state index is 12.8. The van der Waals surface area contributed by atoms with Gasteiger partial charge in [0.1, 0.15) is 5.82 Å². The first-order valence-corrected chi connectivity index (χ1v) is 6.68. The lowest BCUT2D eigenvalue weighted by Crippen LogP contribution is -2.15. The normalized spacial score (nSPS) is 13.8. The summed E-state index contributed by atoms with van der Waals surface area (Å²) in [6.07, 6.45) is 0. The van der Waals surface area contributed by atoms with Crippen molar-refractivity contribution in [2.45, 2.75) is 11.8 Å². The number of benzene rings is 1. The Kier molecular flexibility index (Phi) is 4.11. The second-order valence-corrected chi connectivity index (χ2v) is 5.84. The van der Waals surface area contributed by atoms with Crippen LogP contribution in [0, 0.1) is 11.7 Å². The smallest absolute Gasteiger partial charge is 0.178 e. The summed E-state index contributed by atoms with van der Waals surface area (Å²) in [5.41, 5.74) is 0. The van der Waals surface area contributed by atoms with Crippen LogP contribution >= 0.6 is 11.6 Å². The molecule has 0 saturated carbocycles. The van der Waals surface area contributed by atoms with E-state index < -0.39 is 15.7 Å². The Morgan fingerprint density at radius 2 is 2.13 bits per heavy atom. The molecule has 0 amide bonds. The van der Waals surface area contributed by atoms with Crippen molar-refractivity contribution < 1.29 is 12.8 Å². The number of halogens is 2. The van der Waals surface area contributed by atoms with Crippen LogP contribution in [-0.4, -0.2) is 20.1 Å². The van der Waals surface area contributed by atoms with Crippen molar-refractivity contribution in [2.24, 2.45) is 5.92 Å². The van der Waals surface area contributed by atoms with E-state index >= 15 is 0 Å². The molecule has 15 heavy (non-hydrogen) atoms. The summed E-state index contributed by atoms with van der Waals surface area (Å²) in [5.74, 6) is -0.469. The van der Waals surface area contributed by atoms with Crippen LogP contribution in [0.15, 0.2) is 29.2 Å². The molecule has 0 aromatic heterocycles. The van der Waals surface area contributed by atoms with Crippen molar-refractivity contribution in [3.05, 3.63) is 30.1 Å². The van der Waals surface area contributed by atoms with Gasteiger partial charge in [-0.15, -0.1) is 11.6 Å². The molecule has 0 aliphatic carbocycles. The first kappa shape index (κ1) is 12.5. The van der Waals surface area contributed by atoms with E-state index in [0.717, 1.165) is 6.07 Å². The molecule has 1 atom stereocenters. The number of rotatable bonds is 4. The van der Waals surface area contributed by atoms with E-state index in [4.69, 9.17) is 11.6 Å². The molecule has 0 fully saturated rings. The van der Waals surface area contributed by atoms with Gasteiger partial charge in [-0.05, 0) is 24.1 Å². The minimum Gasteiger partial charge on any atom is -0.224 e. The number of sulfone groups is 1. The molecule has 0 saturated heterocycles. The predicted molar refractivity (Wildman–Crippen MR) is 58.3 cm³/mol. The topological polar surface area (TPSA) is 34.1 Å². The van der Waals surface area contributed by atoms with Gasteiger partial charge in [0.15, 0.2) is 9.84 Å². The summed E-state index contributed by atoms with van der Waals surface area (Å²) in [7, 11) is -3.42. The van der Waals surface area contributed by atoms with Crippen LogP contribution in [0.3, 0.4) is 0 Å². The van der Waals surface area contributed by atoms with Crippen LogP contribution in [0.25, 0.3) is 0 Å². The molecular formula is C10H12ClFO2S. The molecule has 0 N–H and O–H groups in total. The van der Waals surface area contributed by atoms with E-state index in [1.165, 1.54) is 18.2 Å². The molecule has 84 valence electrons. The Morgan fingerprint density at radius 1 is 1.47 bits per heavy atom. The monoisotopic (exact) mass is 250 g/mol. The van der Waals surface area contributed by atoms with E-state index in [1.807, 2.05) is 0 Å². The van der Waals surface area contributed by atoms with Gasteiger partial charge in [-0.1, -0.05) is 13.0 Å². The summed E-state index contributed by atoms with van der Waals surface area (Å²) in [6.45, 7) is 1.74. The molecule has 0 bridgehead atoms. The zero-order valence-corrected chi connectivity index (χ0v) is 9.85. The second kappa shape index (κ2) is 4.94. The van der Waals surface area contributed by atoms with E-state index in [2.05, 4.69) is 0 Å². The zero-order chi connectivity index (χ0) is 11.5. The third kappa shape index (κ3) is 3.47. The molecule has 5 heteroatoms. The highest BCUT2D eigenvalue weighted by atomic mass is 35.5. The molecule has 0 heterocycles. The Morgan fingerprint density at radius 3 is 2.67 bits per heavy atom. The van der Waals surface area contributed by atoms with Crippen molar-refractivity contribution in [3.63, 3.8) is 0 Å². The Hall–Kier alpha value is -0.610. The molecule has 1 unspecified atom stereocenters. The third-order valence-corrected chi connectivity index (χ3v) is 4.43. The van der Waals surface area contributed by atoms with Crippen LogP contribution in [0.5, 0.6) is 0 Å². The van der Waals surface area contributed by atoms with Gasteiger partial charge in [0.05, 0.1) is 10.6 Å². The van der Waals surface area contributed by atoms with Crippen LogP contribution < -0.4 is 0 Å². The predicted octanol–water partition coefficient (Wildman–Crippen LogP) is 2.47. The Balaban J connectivity index is 2.96. The van der Waals surface area contributed by atoms with Crippen molar-refractivity contribution >= 4 is 21.4 Å². The third-order valence-electron chi connectivity index (χ3n) is 1.92. The van der Waals surface area contributed by atoms with E-state index in [1.54, 1.807) is 6.92 Å². The maximum atomic E-state index is 12.8. The summed E-state index contributed by atoms with van der Waals surface area (Å²) in [5, 5.41) is 0. The van der Waals surface area contributed by atoms with Crippen molar-refractivity contribution in [2.75, 3.05) is 11.6 Å². The maximum Gasteiger partial charge on any atom is 0.178 e. The molecule has 1 aromatic rings. The van der Waals surface area contributed by atoms with E-state index in [-0.39, 0.29) is 22.4 Å². The van der Waals surface area contributed by atoms with Crippen molar-refractivity contribution in [3.8, 4) is 0 Å². The van der Waals surface area contributed by atoms with Crippen molar-refractivity contribution in [1.82, 2.24) is 0 Å². The summed E-state index contributed by atoms with van der Waals surface area (Å²) in [6, 6.07) is 5.01. The molecule has 0 spiro atoms. The van der Waals surface area contributed by atoms with Gasteiger partial charge in [-0.3, -0.25) is 0 Å². The van der Waals surface area contributed by atoms with Gasteiger partial charge in [-0.25, -0.2) is 12.8 Å². The average molecular weight is 251 g/mol. The summed E-state index contributed by atoms with van der Waals surface area (Å²) < 4.78 is 36.3. The Labute approximate surface area is 94.0 Å². The molecule has 0 radical (unpaired) electrons. The number of hydrogen-bond donors (Lipinski definition) is 0. The van der Waals surface area contributed by atoms with Gasteiger partial charge < -0.3 is 0 Å². The van der Waals surface area contributed by atoms with Gasteiger partial charge in [0.25, 0.3) is 0 Å². The zero-order valence-electron chi connectivity index (χ0n) is 8.28. The van der Waals surface area contributed by atoms with E-state index in [0.29, 0.717) is 0 Å². The number of hydrogen-bond acceptors (Lipinski definition) is 2. The molecule has 2 nitrogen and oxygen atoms in total. The van der Waals surface area contributed by atoms with E-state index in [9.17, 15) is 12.8 Å². The van der Waals surface area contributed by atoms with Gasteiger partial charge in [0.2, 0.25) is 0 Å². The second-order valence-electron chi connectivity index (χ2n) is 3.50. The first-order valence-electron chi connectivity index (χ1n) is 4.50. The molecule has 1 rings (SSSR count). The molecule has 0 aliphatic heterocycles. The van der Waals surface area contributed by atoms with Gasteiger partial charge >= 0.3 is 0 Å². The molecule has 1 aromatic carbocycles. The summed E-state index contributed by atoms with van der Waals surface area (Å²) >= 11 is 5.54. The minimum absolute atomic E-state index is 0.0134. The fraction of sp³-hybridized carbons (Fsp3) is 0.400. The molecule has 0 aliphatic rings. The van der Waals surface area contributed by atoms with Crippen LogP contribution in [-0.2, 0) is 9.84 Å². The fourth-order valence-electron chi connectivity index (χ4n) is 1.18. The molecular weight excluding hydrogens is 239 g/mol. The fourth-order valence-corrected chi connectivity index (χ4v) is 3.05. The quantitative estimate of drug-likeness (QED) is 0.770. The standard InChI is InChI=1S/C10H12ClFO2S/c1-8(6-11)7-15(13,14)10-4-2-3-9(12)5-10/h2-5,8H,6-7H2,1H3. The highest BCUT2D eigenvalue weighted by Gasteiger charge is 2.18. The Bertz CT molecular complexity index is 431.